The lowest BCUT2D eigenvalue weighted by Crippen LogP contribution is -2.33. The largest absolute Gasteiger partial charge is 0.396 e. The highest BCUT2D eigenvalue weighted by Gasteiger charge is 2.40. The van der Waals surface area contributed by atoms with Crippen molar-refractivity contribution in [2.75, 3.05) is 18.4 Å². The van der Waals surface area contributed by atoms with Gasteiger partial charge in [0.2, 0.25) is 16.0 Å². The molecule has 2 aromatic heterocycles. The molecule has 0 radical (unpaired) electrons. The van der Waals surface area contributed by atoms with Crippen LogP contribution in [0.3, 0.4) is 0 Å². The molecule has 0 aliphatic heterocycles. The van der Waals surface area contributed by atoms with Gasteiger partial charge in [-0.25, -0.2) is 18.4 Å². The zero-order valence-electron chi connectivity index (χ0n) is 16.8. The molecule has 0 spiro atoms. The molecule has 2 saturated carbocycles. The molecule has 30 heavy (non-hydrogen) atoms. The molecule has 2 heterocycles. The van der Waals surface area contributed by atoms with E-state index in [1.54, 1.807) is 0 Å². The molecule has 0 bridgehead atoms. The molecular formula is C18H25ClN6O4S. The van der Waals surface area contributed by atoms with E-state index in [1.807, 2.05) is 4.57 Å². The standard InChI is InChI=1S/C18H25ClN6O4S/c1-10(15(29-2)16-20-7-13(19)8-21-16)30(27,28)24-18-23-22-17(25(18)14-3-4-14)12-5-11(6-12)9-26/h7-8,10-12,14-15,26H,3-6,9H2,1-2H3,(H,23,24)/t10?,11-,12+,15?. The monoisotopic (exact) mass is 456 g/mol. The molecule has 0 amide bonds. The summed E-state index contributed by atoms with van der Waals surface area (Å²) in [6.07, 6.45) is 5.52. The topological polar surface area (TPSA) is 132 Å². The van der Waals surface area contributed by atoms with Crippen molar-refractivity contribution in [3.63, 3.8) is 0 Å². The van der Waals surface area contributed by atoms with Crippen molar-refractivity contribution in [3.8, 4) is 0 Å². The fourth-order valence-electron chi connectivity index (χ4n) is 3.80. The van der Waals surface area contributed by atoms with Gasteiger partial charge in [-0.2, -0.15) is 0 Å². The Labute approximate surface area is 180 Å². The van der Waals surface area contributed by atoms with Gasteiger partial charge >= 0.3 is 0 Å². The summed E-state index contributed by atoms with van der Waals surface area (Å²) >= 11 is 5.82. The van der Waals surface area contributed by atoms with Crippen LogP contribution < -0.4 is 4.72 Å². The third-order valence-electron chi connectivity index (χ3n) is 5.79. The molecule has 2 fully saturated rings. The molecule has 2 N–H and O–H groups in total. The van der Waals surface area contributed by atoms with Crippen molar-refractivity contribution < 1.29 is 18.3 Å². The Balaban J connectivity index is 1.55. The second-order valence-corrected chi connectivity index (χ2v) is 10.4. The zero-order chi connectivity index (χ0) is 21.5. The highest BCUT2D eigenvalue weighted by Crippen LogP contribution is 2.46. The number of ether oxygens (including phenoxy) is 1. The van der Waals surface area contributed by atoms with E-state index in [1.165, 1.54) is 26.4 Å². The van der Waals surface area contributed by atoms with E-state index in [0.29, 0.717) is 5.02 Å². The maximum atomic E-state index is 13.1. The number of hydrogen-bond acceptors (Lipinski definition) is 8. The van der Waals surface area contributed by atoms with Gasteiger partial charge < -0.3 is 9.84 Å². The number of nitrogens with zero attached hydrogens (tertiary/aromatic N) is 5. The fraction of sp³-hybridized carbons (Fsp3) is 0.667. The van der Waals surface area contributed by atoms with Crippen LogP contribution in [0.4, 0.5) is 5.95 Å². The Morgan fingerprint density at radius 1 is 1.30 bits per heavy atom. The summed E-state index contributed by atoms with van der Waals surface area (Å²) in [5, 5.41) is 17.1. The molecule has 2 aliphatic rings. The van der Waals surface area contributed by atoms with Crippen LogP contribution >= 0.6 is 11.6 Å². The lowest BCUT2D eigenvalue weighted by atomic mass is 9.75. The summed E-state index contributed by atoms with van der Waals surface area (Å²) in [6.45, 7) is 1.70. The highest BCUT2D eigenvalue weighted by atomic mass is 35.5. The summed E-state index contributed by atoms with van der Waals surface area (Å²) in [5.41, 5.74) is 0. The third-order valence-corrected chi connectivity index (χ3v) is 7.68. The fourth-order valence-corrected chi connectivity index (χ4v) is 5.03. The van der Waals surface area contributed by atoms with Crippen LogP contribution in [0, 0.1) is 5.92 Å². The number of nitrogens with one attached hydrogen (secondary N) is 1. The quantitative estimate of drug-likeness (QED) is 0.585. The van der Waals surface area contributed by atoms with Gasteiger partial charge in [-0.05, 0) is 38.5 Å². The maximum absolute atomic E-state index is 13.1. The van der Waals surface area contributed by atoms with Crippen molar-refractivity contribution in [1.82, 2.24) is 24.7 Å². The number of hydrogen-bond donors (Lipinski definition) is 2. The molecular weight excluding hydrogens is 432 g/mol. The molecule has 12 heteroatoms. The number of aliphatic hydroxyl groups is 1. The van der Waals surface area contributed by atoms with E-state index in [2.05, 4.69) is 24.9 Å². The first-order chi connectivity index (χ1) is 14.3. The Bertz CT molecular complexity index is 989. The van der Waals surface area contributed by atoms with Crippen molar-refractivity contribution in [1.29, 1.82) is 0 Å². The molecule has 164 valence electrons. The molecule has 2 unspecified atom stereocenters. The summed E-state index contributed by atoms with van der Waals surface area (Å²) in [4.78, 5) is 8.19. The van der Waals surface area contributed by atoms with Crippen LogP contribution in [0.25, 0.3) is 0 Å². The SMILES string of the molecule is COC(c1ncc(Cl)cn1)C(C)S(=O)(=O)Nc1nnc([C@H]2C[C@@H](CO)C2)n1C1CC1. The lowest BCUT2D eigenvalue weighted by molar-refractivity contribution is 0.0950. The second-order valence-electron chi connectivity index (χ2n) is 7.97. The minimum Gasteiger partial charge on any atom is -0.396 e. The number of rotatable bonds is 9. The average Bonchev–Trinajstić information content (AvgIpc) is 3.44. The van der Waals surface area contributed by atoms with Gasteiger partial charge in [0, 0.05) is 38.1 Å². The van der Waals surface area contributed by atoms with Gasteiger partial charge in [0.1, 0.15) is 17.2 Å². The van der Waals surface area contributed by atoms with Crippen molar-refractivity contribution in [3.05, 3.63) is 29.1 Å². The van der Waals surface area contributed by atoms with Gasteiger partial charge in [0.25, 0.3) is 0 Å². The Morgan fingerprint density at radius 2 is 1.97 bits per heavy atom. The average molecular weight is 457 g/mol. The van der Waals surface area contributed by atoms with Gasteiger partial charge in [-0.3, -0.25) is 9.29 Å². The first kappa shape index (κ1) is 21.4. The number of sulfonamides is 1. The van der Waals surface area contributed by atoms with Crippen LogP contribution in [0.2, 0.25) is 5.02 Å². The molecule has 2 aliphatic carbocycles. The van der Waals surface area contributed by atoms with Gasteiger partial charge in [-0.1, -0.05) is 11.6 Å². The summed E-state index contributed by atoms with van der Waals surface area (Å²) in [5.74, 6) is 1.71. The predicted octanol–water partition coefficient (Wildman–Crippen LogP) is 2.06. The predicted molar refractivity (Wildman–Crippen MR) is 110 cm³/mol. The van der Waals surface area contributed by atoms with E-state index < -0.39 is 21.4 Å². The van der Waals surface area contributed by atoms with Crippen LogP contribution in [-0.4, -0.2) is 57.2 Å². The van der Waals surface area contributed by atoms with Crippen LogP contribution in [0.15, 0.2) is 12.4 Å². The summed E-state index contributed by atoms with van der Waals surface area (Å²) < 4.78 is 36.1. The molecule has 4 rings (SSSR count). The van der Waals surface area contributed by atoms with E-state index in [0.717, 1.165) is 31.5 Å². The highest BCUT2D eigenvalue weighted by molar-refractivity contribution is 7.93. The van der Waals surface area contributed by atoms with Crippen molar-refractivity contribution >= 4 is 27.6 Å². The number of aromatic nitrogens is 5. The number of anilines is 1. The van der Waals surface area contributed by atoms with E-state index >= 15 is 0 Å². The third kappa shape index (κ3) is 4.16. The molecule has 2 aromatic rings. The maximum Gasteiger partial charge on any atom is 0.240 e. The Morgan fingerprint density at radius 3 is 2.53 bits per heavy atom. The van der Waals surface area contributed by atoms with Crippen LogP contribution in [0.5, 0.6) is 0 Å². The van der Waals surface area contributed by atoms with Crippen molar-refractivity contribution in [2.24, 2.45) is 5.92 Å². The van der Waals surface area contributed by atoms with Crippen molar-refractivity contribution in [2.45, 2.75) is 55.9 Å². The zero-order valence-corrected chi connectivity index (χ0v) is 18.3. The van der Waals surface area contributed by atoms with Gasteiger partial charge in [-0.15, -0.1) is 10.2 Å². The Hall–Kier alpha value is -1.82. The number of methoxy groups -OCH3 is 1. The molecule has 0 saturated heterocycles. The second kappa shape index (κ2) is 8.37. The first-order valence-corrected chi connectivity index (χ1v) is 11.8. The van der Waals surface area contributed by atoms with E-state index in [-0.39, 0.29) is 36.3 Å². The van der Waals surface area contributed by atoms with Gasteiger partial charge in [0.05, 0.1) is 5.02 Å². The summed E-state index contributed by atoms with van der Waals surface area (Å²) in [7, 11) is -2.47. The van der Waals surface area contributed by atoms with E-state index in [4.69, 9.17) is 16.3 Å². The van der Waals surface area contributed by atoms with Gasteiger partial charge in [0.15, 0.2) is 5.82 Å². The minimum absolute atomic E-state index is 0.163. The minimum atomic E-state index is -3.88. The Kier molecular flexibility index (Phi) is 5.97. The number of aliphatic hydroxyl groups excluding tert-OH is 1. The van der Waals surface area contributed by atoms with Crippen LogP contribution in [0.1, 0.15) is 62.3 Å². The molecule has 10 nitrogen and oxygen atoms in total. The molecule has 2 atom stereocenters. The number of halogens is 1. The lowest BCUT2D eigenvalue weighted by Gasteiger charge is -2.33. The molecule has 0 aromatic carbocycles. The normalized spacial score (nSPS) is 23.6. The first-order valence-electron chi connectivity index (χ1n) is 9.91. The smallest absolute Gasteiger partial charge is 0.240 e. The van der Waals surface area contributed by atoms with Crippen LogP contribution in [-0.2, 0) is 14.8 Å². The summed E-state index contributed by atoms with van der Waals surface area (Å²) in [6, 6.07) is 0.203. The van der Waals surface area contributed by atoms with E-state index in [9.17, 15) is 13.5 Å².